The summed E-state index contributed by atoms with van der Waals surface area (Å²) in [6.45, 7) is 6.04. The van der Waals surface area contributed by atoms with E-state index in [0.29, 0.717) is 52.4 Å². The second-order valence-corrected chi connectivity index (χ2v) is 10.4. The standard InChI is InChI=1S/C24H28Cl2N8O6/c1-24(2,3)40-23(36)32-34-13-38-17(31-34)6-4-5-9-37-16-8-7-15(25)18(26)14(16)10-33-12-30-19-20(33)28-11-29-21(19)39-22(27)35/h7-8,11-12H,4-6,9-10,13H2,1-3H3,(H2,27,35)(H,32,36). The van der Waals surface area contributed by atoms with E-state index >= 15 is 0 Å². The SMILES string of the molecule is CC(C)(C)OC(=O)NN1COC(CCCCOc2ccc(Cl)c(Cl)c2Cn2cnc3c(OC(N)=O)ncnc32)=N1. The first-order chi connectivity index (χ1) is 19.0. The molecule has 40 heavy (non-hydrogen) atoms. The van der Waals surface area contributed by atoms with E-state index in [-0.39, 0.29) is 24.7 Å². The molecule has 3 aromatic rings. The lowest BCUT2D eigenvalue weighted by Crippen LogP contribution is -2.41. The van der Waals surface area contributed by atoms with Gasteiger partial charge in [-0.1, -0.05) is 23.2 Å². The predicted molar refractivity (Wildman–Crippen MR) is 145 cm³/mol. The number of amides is 2. The second kappa shape index (κ2) is 12.4. The van der Waals surface area contributed by atoms with Crippen molar-refractivity contribution in [3.63, 3.8) is 0 Å². The number of benzene rings is 1. The number of hydrogen-bond donors (Lipinski definition) is 2. The van der Waals surface area contributed by atoms with Gasteiger partial charge in [-0.3, -0.25) is 0 Å². The molecule has 1 aliphatic heterocycles. The van der Waals surface area contributed by atoms with Gasteiger partial charge in [0, 0.05) is 12.0 Å². The average molecular weight is 595 g/mol. The molecule has 0 saturated carbocycles. The third-order valence-electron chi connectivity index (χ3n) is 5.29. The summed E-state index contributed by atoms with van der Waals surface area (Å²) in [5, 5.41) is 6.21. The van der Waals surface area contributed by atoms with Crippen molar-refractivity contribution in [1.82, 2.24) is 30.1 Å². The topological polar surface area (TPSA) is 168 Å². The quantitative estimate of drug-likeness (QED) is 0.324. The first-order valence-electron chi connectivity index (χ1n) is 12.2. The van der Waals surface area contributed by atoms with Gasteiger partial charge in [0.05, 0.1) is 29.5 Å². The zero-order valence-electron chi connectivity index (χ0n) is 22.0. The van der Waals surface area contributed by atoms with E-state index < -0.39 is 17.8 Å². The molecule has 0 aliphatic carbocycles. The van der Waals surface area contributed by atoms with Crippen LogP contribution in [-0.4, -0.2) is 61.7 Å². The van der Waals surface area contributed by atoms with Gasteiger partial charge in [0.1, 0.15) is 17.7 Å². The Labute approximate surface area is 239 Å². The Hall–Kier alpha value is -4.04. The molecule has 0 unspecified atom stereocenters. The molecule has 3 N–H and O–H groups in total. The number of aromatic nitrogens is 4. The van der Waals surface area contributed by atoms with Crippen molar-refractivity contribution in [2.75, 3.05) is 13.3 Å². The van der Waals surface area contributed by atoms with E-state index in [0.717, 1.165) is 6.42 Å². The molecule has 1 aromatic carbocycles. The van der Waals surface area contributed by atoms with E-state index in [1.807, 2.05) is 0 Å². The summed E-state index contributed by atoms with van der Waals surface area (Å²) >= 11 is 12.8. The van der Waals surface area contributed by atoms with Crippen molar-refractivity contribution in [3.8, 4) is 11.6 Å². The number of nitrogens with two attached hydrogens (primary N) is 1. The van der Waals surface area contributed by atoms with Crippen LogP contribution >= 0.6 is 23.2 Å². The molecule has 0 atom stereocenters. The van der Waals surface area contributed by atoms with Crippen LogP contribution in [0.2, 0.25) is 10.0 Å². The minimum Gasteiger partial charge on any atom is -0.493 e. The van der Waals surface area contributed by atoms with Gasteiger partial charge < -0.3 is 29.2 Å². The number of rotatable bonds is 10. The molecule has 214 valence electrons. The van der Waals surface area contributed by atoms with Crippen LogP contribution in [0.25, 0.3) is 11.2 Å². The first kappa shape index (κ1) is 29.0. The Balaban J connectivity index is 1.33. The molecule has 0 fully saturated rings. The van der Waals surface area contributed by atoms with Crippen molar-refractivity contribution < 1.29 is 28.5 Å². The number of nitrogens with zero attached hydrogens (tertiary/aromatic N) is 6. The van der Waals surface area contributed by atoms with E-state index in [1.165, 1.54) is 17.8 Å². The van der Waals surface area contributed by atoms with Crippen molar-refractivity contribution in [2.45, 2.75) is 52.2 Å². The van der Waals surface area contributed by atoms with Crippen molar-refractivity contribution in [1.29, 1.82) is 0 Å². The minimum absolute atomic E-state index is 0.0514. The summed E-state index contributed by atoms with van der Waals surface area (Å²) < 4.78 is 23.4. The Bertz CT molecular complexity index is 1420. The molecule has 3 heterocycles. The Morgan fingerprint density at radius 1 is 1.18 bits per heavy atom. The van der Waals surface area contributed by atoms with Gasteiger partial charge >= 0.3 is 12.2 Å². The lowest BCUT2D eigenvalue weighted by Gasteiger charge is -2.21. The van der Waals surface area contributed by atoms with Gasteiger partial charge in [-0.25, -0.2) is 25.0 Å². The van der Waals surface area contributed by atoms with Gasteiger partial charge in [-0.05, 0) is 45.7 Å². The number of hydrazone groups is 1. The maximum absolute atomic E-state index is 11.9. The fourth-order valence-electron chi connectivity index (χ4n) is 3.65. The minimum atomic E-state index is -1.01. The summed E-state index contributed by atoms with van der Waals surface area (Å²) in [6, 6.07) is 3.40. The first-order valence-corrected chi connectivity index (χ1v) is 13.0. The highest BCUT2D eigenvalue weighted by Crippen LogP contribution is 2.34. The van der Waals surface area contributed by atoms with Crippen LogP contribution in [0.5, 0.6) is 11.6 Å². The Morgan fingerprint density at radius 2 is 1.98 bits per heavy atom. The number of unbranched alkanes of at least 4 members (excludes halogenated alkanes) is 1. The van der Waals surface area contributed by atoms with Gasteiger partial charge in [0.15, 0.2) is 17.9 Å². The van der Waals surface area contributed by atoms with Gasteiger partial charge in [0.2, 0.25) is 5.90 Å². The van der Waals surface area contributed by atoms with Crippen LogP contribution < -0.4 is 20.6 Å². The Kier molecular flexibility index (Phi) is 9.00. The molecular formula is C24H28Cl2N8O6. The number of hydrogen-bond acceptors (Lipinski definition) is 11. The molecule has 4 rings (SSSR count). The number of hydrazine groups is 1. The van der Waals surface area contributed by atoms with Crippen LogP contribution in [0.1, 0.15) is 45.6 Å². The number of halogens is 2. The van der Waals surface area contributed by atoms with Crippen LogP contribution in [0, 0.1) is 0 Å². The molecule has 0 saturated heterocycles. The van der Waals surface area contributed by atoms with E-state index in [2.05, 4.69) is 25.5 Å². The summed E-state index contributed by atoms with van der Waals surface area (Å²) in [7, 11) is 0. The number of carbonyl (C=O) groups excluding carboxylic acids is 2. The fourth-order valence-corrected chi connectivity index (χ4v) is 4.04. The van der Waals surface area contributed by atoms with Crippen molar-refractivity contribution in [2.24, 2.45) is 10.8 Å². The third kappa shape index (κ3) is 7.54. The second-order valence-electron chi connectivity index (χ2n) is 9.57. The zero-order valence-corrected chi connectivity index (χ0v) is 23.5. The lowest BCUT2D eigenvalue weighted by atomic mass is 10.2. The van der Waals surface area contributed by atoms with E-state index in [4.69, 9.17) is 47.9 Å². The monoisotopic (exact) mass is 594 g/mol. The lowest BCUT2D eigenvalue weighted by molar-refractivity contribution is 0.0252. The number of fused-ring (bicyclic) bond motifs is 1. The maximum atomic E-state index is 11.9. The van der Waals surface area contributed by atoms with Gasteiger partial charge in [0.25, 0.3) is 5.88 Å². The zero-order chi connectivity index (χ0) is 28.9. The van der Waals surface area contributed by atoms with E-state index in [9.17, 15) is 9.59 Å². The molecule has 14 nitrogen and oxygen atoms in total. The fraction of sp³-hybridized carbons (Fsp3) is 0.417. The summed E-state index contributed by atoms with van der Waals surface area (Å²) in [4.78, 5) is 35.4. The number of carbonyl (C=O) groups is 2. The predicted octanol–water partition coefficient (Wildman–Crippen LogP) is 4.23. The van der Waals surface area contributed by atoms with Crippen LogP contribution in [0.15, 0.2) is 29.9 Å². The third-order valence-corrected chi connectivity index (χ3v) is 6.14. The molecule has 2 amide bonds. The normalized spacial score (nSPS) is 13.1. The summed E-state index contributed by atoms with van der Waals surface area (Å²) in [5.41, 5.74) is 8.30. The molecule has 2 aromatic heterocycles. The van der Waals surface area contributed by atoms with E-state index in [1.54, 1.807) is 37.5 Å². The number of primary amides is 1. The van der Waals surface area contributed by atoms with Crippen molar-refractivity contribution in [3.05, 3.63) is 40.4 Å². The molecule has 0 spiro atoms. The summed E-state index contributed by atoms with van der Waals surface area (Å²) in [6.07, 6.45) is 3.10. The number of ether oxygens (including phenoxy) is 4. The van der Waals surface area contributed by atoms with Crippen LogP contribution in [-0.2, 0) is 16.0 Å². The summed E-state index contributed by atoms with van der Waals surface area (Å²) in [5.74, 6) is 0.991. The Morgan fingerprint density at radius 3 is 2.73 bits per heavy atom. The van der Waals surface area contributed by atoms with Gasteiger partial charge in [-0.2, -0.15) is 10.1 Å². The average Bonchev–Trinajstić information content (AvgIpc) is 3.49. The van der Waals surface area contributed by atoms with Gasteiger partial charge in [-0.15, -0.1) is 5.10 Å². The highest BCUT2D eigenvalue weighted by atomic mass is 35.5. The van der Waals surface area contributed by atoms with Crippen LogP contribution in [0.3, 0.4) is 0 Å². The molecular weight excluding hydrogens is 567 g/mol. The largest absolute Gasteiger partial charge is 0.493 e. The molecule has 0 bridgehead atoms. The molecule has 16 heteroatoms. The number of imidazole rings is 1. The highest BCUT2D eigenvalue weighted by molar-refractivity contribution is 6.42. The van der Waals surface area contributed by atoms with Crippen LogP contribution in [0.4, 0.5) is 9.59 Å². The van der Waals surface area contributed by atoms with Crippen molar-refractivity contribution >= 4 is 52.4 Å². The highest BCUT2D eigenvalue weighted by Gasteiger charge is 2.22. The smallest absolute Gasteiger partial charge is 0.428 e. The molecule has 1 aliphatic rings. The maximum Gasteiger partial charge on any atom is 0.428 e. The molecule has 0 radical (unpaired) electrons. The number of nitrogens with one attached hydrogen (secondary N) is 1.